The minimum absolute atomic E-state index is 0.139. The molecular formula is C20H22N2O3. The number of nitro groups is 1. The molecule has 0 atom stereocenters. The molecule has 2 aromatic carbocycles. The molecule has 0 saturated carbocycles. The molecule has 5 heteroatoms. The van der Waals surface area contributed by atoms with Crippen molar-refractivity contribution in [2.45, 2.75) is 44.9 Å². The number of oxime groups is 1. The Morgan fingerprint density at radius 2 is 1.68 bits per heavy atom. The first-order valence-corrected chi connectivity index (χ1v) is 8.68. The molecule has 0 radical (unpaired) electrons. The summed E-state index contributed by atoms with van der Waals surface area (Å²) in [5.74, 6) is 0. The molecule has 1 aliphatic rings. The van der Waals surface area contributed by atoms with Crippen molar-refractivity contribution >= 4 is 11.9 Å². The van der Waals surface area contributed by atoms with E-state index in [0.29, 0.717) is 0 Å². The largest absolute Gasteiger partial charge is 0.411 e. The number of hydrogen-bond acceptors (Lipinski definition) is 4. The maximum atomic E-state index is 11.3. The molecule has 0 bridgehead atoms. The number of non-ortho nitro benzene ring substituents is 1. The molecule has 5 nitrogen and oxygen atoms in total. The van der Waals surface area contributed by atoms with Gasteiger partial charge in [0.15, 0.2) is 0 Å². The normalized spacial score (nSPS) is 14.5. The van der Waals surface area contributed by atoms with Crippen molar-refractivity contribution in [3.05, 3.63) is 63.2 Å². The fourth-order valence-corrected chi connectivity index (χ4v) is 4.28. The van der Waals surface area contributed by atoms with Gasteiger partial charge in [-0.05, 0) is 52.8 Å². The Hall–Kier alpha value is -2.69. The van der Waals surface area contributed by atoms with Gasteiger partial charge in [0.25, 0.3) is 5.69 Å². The Morgan fingerprint density at radius 1 is 1.08 bits per heavy atom. The molecule has 0 spiro atoms. The molecule has 25 heavy (non-hydrogen) atoms. The molecule has 2 aromatic rings. The summed E-state index contributed by atoms with van der Waals surface area (Å²) in [5, 5.41) is 23.3. The van der Waals surface area contributed by atoms with Gasteiger partial charge in [0.1, 0.15) is 0 Å². The first kappa shape index (κ1) is 17.1. The van der Waals surface area contributed by atoms with E-state index in [1.165, 1.54) is 11.8 Å². The summed E-state index contributed by atoms with van der Waals surface area (Å²) >= 11 is 0. The quantitative estimate of drug-likeness (QED) is 0.337. The van der Waals surface area contributed by atoms with Crippen molar-refractivity contribution in [2.75, 3.05) is 0 Å². The third kappa shape index (κ3) is 2.69. The Balaban J connectivity index is 2.30. The molecule has 0 aliphatic heterocycles. The fourth-order valence-electron chi connectivity index (χ4n) is 4.28. The summed E-state index contributed by atoms with van der Waals surface area (Å²) in [6.07, 6.45) is 5.26. The minimum Gasteiger partial charge on any atom is -0.411 e. The Kier molecular flexibility index (Phi) is 4.57. The molecule has 0 heterocycles. The number of nitrogens with zero attached hydrogens (tertiary/aromatic N) is 2. The van der Waals surface area contributed by atoms with Gasteiger partial charge in [-0.25, -0.2) is 0 Å². The molecule has 3 rings (SSSR count). The molecule has 130 valence electrons. The molecule has 0 fully saturated rings. The van der Waals surface area contributed by atoms with E-state index >= 15 is 0 Å². The summed E-state index contributed by atoms with van der Waals surface area (Å²) in [5.41, 5.74) is 5.19. The van der Waals surface area contributed by atoms with E-state index in [1.807, 2.05) is 18.2 Å². The molecule has 0 amide bonds. The van der Waals surface area contributed by atoms with Crippen LogP contribution in [0.15, 0.2) is 41.6 Å². The van der Waals surface area contributed by atoms with Gasteiger partial charge in [0, 0.05) is 17.5 Å². The van der Waals surface area contributed by atoms with Gasteiger partial charge >= 0.3 is 0 Å². The van der Waals surface area contributed by atoms with E-state index in [-0.39, 0.29) is 16.0 Å². The molecule has 0 unspecified atom stereocenters. The van der Waals surface area contributed by atoms with Crippen LogP contribution in [-0.4, -0.2) is 16.3 Å². The van der Waals surface area contributed by atoms with Gasteiger partial charge in [0.2, 0.25) is 0 Å². The number of nitro benzene ring substituents is 1. The van der Waals surface area contributed by atoms with Crippen molar-refractivity contribution < 1.29 is 10.1 Å². The van der Waals surface area contributed by atoms with Crippen LogP contribution < -0.4 is 0 Å². The second-order valence-corrected chi connectivity index (χ2v) is 6.62. The second-order valence-electron chi connectivity index (χ2n) is 6.62. The Labute approximate surface area is 147 Å². The minimum atomic E-state index is -0.324. The van der Waals surface area contributed by atoms with Crippen LogP contribution >= 0.6 is 0 Å². The van der Waals surface area contributed by atoms with E-state index in [9.17, 15) is 10.1 Å². The van der Waals surface area contributed by atoms with Crippen LogP contribution in [0.5, 0.6) is 0 Å². The van der Waals surface area contributed by atoms with Crippen molar-refractivity contribution in [1.29, 1.82) is 0 Å². The van der Waals surface area contributed by atoms with E-state index in [4.69, 9.17) is 5.21 Å². The lowest BCUT2D eigenvalue weighted by Gasteiger charge is -2.32. The zero-order chi connectivity index (χ0) is 18.0. The SMILES string of the molecule is CCCC1(CCC)c2cc(C=NO)ccc2-c2ccc([N+](=O)[O-])cc21. The highest BCUT2D eigenvalue weighted by Crippen LogP contribution is 2.54. The van der Waals surface area contributed by atoms with Crippen molar-refractivity contribution in [2.24, 2.45) is 5.16 Å². The maximum absolute atomic E-state index is 11.3. The lowest BCUT2D eigenvalue weighted by atomic mass is 9.71. The Morgan fingerprint density at radius 3 is 2.24 bits per heavy atom. The van der Waals surface area contributed by atoms with Gasteiger partial charge in [-0.2, -0.15) is 0 Å². The third-order valence-electron chi connectivity index (χ3n) is 5.14. The van der Waals surface area contributed by atoms with Gasteiger partial charge in [-0.1, -0.05) is 44.0 Å². The zero-order valence-corrected chi connectivity index (χ0v) is 14.5. The van der Waals surface area contributed by atoms with E-state index in [0.717, 1.165) is 47.9 Å². The van der Waals surface area contributed by atoms with Crippen LogP contribution in [-0.2, 0) is 5.41 Å². The van der Waals surface area contributed by atoms with Crippen molar-refractivity contribution in [1.82, 2.24) is 0 Å². The van der Waals surface area contributed by atoms with Crippen LogP contribution in [0.1, 0.15) is 56.2 Å². The molecule has 1 N–H and O–H groups in total. The lowest BCUT2D eigenvalue weighted by molar-refractivity contribution is -0.384. The first-order valence-electron chi connectivity index (χ1n) is 8.68. The predicted octanol–water partition coefficient (Wildman–Crippen LogP) is 5.27. The van der Waals surface area contributed by atoms with Crippen LogP contribution in [0.25, 0.3) is 11.1 Å². The molecular weight excluding hydrogens is 316 g/mol. The summed E-state index contributed by atoms with van der Waals surface area (Å²) < 4.78 is 0. The predicted molar refractivity (Wildman–Crippen MR) is 98.5 cm³/mol. The molecule has 1 aliphatic carbocycles. The van der Waals surface area contributed by atoms with Crippen LogP contribution in [0.2, 0.25) is 0 Å². The van der Waals surface area contributed by atoms with E-state index in [1.54, 1.807) is 12.1 Å². The van der Waals surface area contributed by atoms with Crippen molar-refractivity contribution in [3.8, 4) is 11.1 Å². The standard InChI is InChI=1S/C20H22N2O3/c1-3-9-20(10-4-2)18-11-14(13-21-23)5-7-16(18)17-8-6-15(22(24)25)12-19(17)20/h5-8,11-13,23H,3-4,9-10H2,1-2H3. The van der Waals surface area contributed by atoms with Gasteiger partial charge in [-0.3, -0.25) is 10.1 Å². The monoisotopic (exact) mass is 338 g/mol. The summed E-state index contributed by atoms with van der Waals surface area (Å²) in [7, 11) is 0. The average Bonchev–Trinajstić information content (AvgIpc) is 2.86. The van der Waals surface area contributed by atoms with Gasteiger partial charge in [0.05, 0.1) is 11.1 Å². The number of fused-ring (bicyclic) bond motifs is 3. The first-order chi connectivity index (χ1) is 12.1. The van der Waals surface area contributed by atoms with E-state index in [2.05, 4.69) is 25.1 Å². The van der Waals surface area contributed by atoms with E-state index < -0.39 is 0 Å². The highest BCUT2D eigenvalue weighted by atomic mass is 16.6. The summed E-state index contributed by atoms with van der Waals surface area (Å²) in [4.78, 5) is 11.0. The smallest absolute Gasteiger partial charge is 0.269 e. The highest BCUT2D eigenvalue weighted by molar-refractivity contribution is 5.87. The van der Waals surface area contributed by atoms with Gasteiger partial charge < -0.3 is 5.21 Å². The fraction of sp³-hybridized carbons (Fsp3) is 0.350. The lowest BCUT2D eigenvalue weighted by Crippen LogP contribution is -2.25. The summed E-state index contributed by atoms with van der Waals surface area (Å²) in [6.45, 7) is 4.29. The van der Waals surface area contributed by atoms with Crippen LogP contribution in [0.3, 0.4) is 0 Å². The molecule has 0 aromatic heterocycles. The summed E-state index contributed by atoms with van der Waals surface area (Å²) in [6, 6.07) is 11.2. The number of benzene rings is 2. The van der Waals surface area contributed by atoms with Crippen LogP contribution in [0.4, 0.5) is 5.69 Å². The molecule has 0 saturated heterocycles. The van der Waals surface area contributed by atoms with Crippen LogP contribution in [0, 0.1) is 10.1 Å². The Bertz CT molecular complexity index is 837. The average molecular weight is 338 g/mol. The topological polar surface area (TPSA) is 75.7 Å². The number of rotatable bonds is 6. The number of hydrogen-bond donors (Lipinski definition) is 1. The second kappa shape index (κ2) is 6.67. The highest BCUT2D eigenvalue weighted by Gasteiger charge is 2.42. The zero-order valence-electron chi connectivity index (χ0n) is 14.5. The van der Waals surface area contributed by atoms with Gasteiger partial charge in [-0.15, -0.1) is 0 Å². The third-order valence-corrected chi connectivity index (χ3v) is 5.14. The maximum Gasteiger partial charge on any atom is 0.269 e. The van der Waals surface area contributed by atoms with Crippen molar-refractivity contribution in [3.63, 3.8) is 0 Å².